The van der Waals surface area contributed by atoms with E-state index in [2.05, 4.69) is 29.4 Å². The van der Waals surface area contributed by atoms with E-state index < -0.39 is 0 Å². The van der Waals surface area contributed by atoms with E-state index in [-0.39, 0.29) is 23.4 Å². The van der Waals surface area contributed by atoms with Crippen LogP contribution >= 0.6 is 0 Å². The second kappa shape index (κ2) is 3.34. The van der Waals surface area contributed by atoms with Crippen molar-refractivity contribution in [2.45, 2.75) is 32.4 Å². The lowest BCUT2D eigenvalue weighted by Gasteiger charge is -2.50. The molecule has 1 aliphatic carbocycles. The fourth-order valence-electron chi connectivity index (χ4n) is 1.82. The SMILES string of the molecule is CC1(C)C(N)CC1NC(=O)c1ccn[nH]1. The highest BCUT2D eigenvalue weighted by atomic mass is 16.2. The fourth-order valence-corrected chi connectivity index (χ4v) is 1.82. The third-order valence-corrected chi connectivity index (χ3v) is 3.39. The molecule has 1 amide bonds. The molecule has 0 aromatic carbocycles. The monoisotopic (exact) mass is 208 g/mol. The minimum atomic E-state index is -0.113. The first-order valence-electron chi connectivity index (χ1n) is 5.07. The number of carbonyl (C=O) groups excluding carboxylic acids is 1. The molecule has 0 radical (unpaired) electrons. The molecule has 5 nitrogen and oxygen atoms in total. The van der Waals surface area contributed by atoms with Gasteiger partial charge in [0.05, 0.1) is 0 Å². The Balaban J connectivity index is 1.97. The van der Waals surface area contributed by atoms with Crippen molar-refractivity contribution in [3.05, 3.63) is 18.0 Å². The maximum atomic E-state index is 11.7. The number of amides is 1. The molecule has 2 atom stereocenters. The topological polar surface area (TPSA) is 83.8 Å². The van der Waals surface area contributed by atoms with Crippen molar-refractivity contribution in [2.24, 2.45) is 11.1 Å². The number of hydrogen-bond acceptors (Lipinski definition) is 3. The second-order valence-electron chi connectivity index (χ2n) is 4.66. The Morgan fingerprint density at radius 1 is 1.73 bits per heavy atom. The van der Waals surface area contributed by atoms with Gasteiger partial charge in [0.2, 0.25) is 0 Å². The van der Waals surface area contributed by atoms with Crippen LogP contribution in [0.1, 0.15) is 30.8 Å². The van der Waals surface area contributed by atoms with E-state index in [0.29, 0.717) is 5.69 Å². The Hall–Kier alpha value is -1.36. The molecule has 0 aliphatic heterocycles. The van der Waals surface area contributed by atoms with E-state index in [0.717, 1.165) is 6.42 Å². The van der Waals surface area contributed by atoms with Crippen molar-refractivity contribution in [3.63, 3.8) is 0 Å². The van der Waals surface area contributed by atoms with Crippen LogP contribution in [0.3, 0.4) is 0 Å². The van der Waals surface area contributed by atoms with Gasteiger partial charge in [-0.15, -0.1) is 0 Å². The van der Waals surface area contributed by atoms with Crippen LogP contribution in [0.5, 0.6) is 0 Å². The standard InChI is InChI=1S/C10H16N4O/c1-10(2)7(11)5-8(10)13-9(15)6-3-4-12-14-6/h3-4,7-8H,5,11H2,1-2H3,(H,12,14)(H,13,15). The third kappa shape index (κ3) is 1.63. The summed E-state index contributed by atoms with van der Waals surface area (Å²) in [7, 11) is 0. The highest BCUT2D eigenvalue weighted by Crippen LogP contribution is 2.39. The van der Waals surface area contributed by atoms with Gasteiger partial charge in [0.15, 0.2) is 0 Å². The Morgan fingerprint density at radius 3 is 2.93 bits per heavy atom. The number of nitrogens with one attached hydrogen (secondary N) is 2. The molecule has 0 bridgehead atoms. The lowest BCUT2D eigenvalue weighted by atomic mass is 9.63. The quantitative estimate of drug-likeness (QED) is 0.652. The first-order valence-corrected chi connectivity index (χ1v) is 5.07. The van der Waals surface area contributed by atoms with Crippen molar-refractivity contribution >= 4 is 5.91 Å². The number of aromatic nitrogens is 2. The van der Waals surface area contributed by atoms with Crippen LogP contribution in [0.4, 0.5) is 0 Å². The number of aromatic amines is 1. The van der Waals surface area contributed by atoms with Gasteiger partial charge in [-0.3, -0.25) is 9.89 Å². The second-order valence-corrected chi connectivity index (χ2v) is 4.66. The third-order valence-electron chi connectivity index (χ3n) is 3.39. The summed E-state index contributed by atoms with van der Waals surface area (Å²) in [5.41, 5.74) is 6.34. The molecule has 2 unspecified atom stereocenters. The summed E-state index contributed by atoms with van der Waals surface area (Å²) in [5.74, 6) is -0.113. The van der Waals surface area contributed by atoms with Gasteiger partial charge in [-0.1, -0.05) is 13.8 Å². The zero-order valence-corrected chi connectivity index (χ0v) is 8.95. The average Bonchev–Trinajstić information content (AvgIpc) is 2.70. The van der Waals surface area contributed by atoms with E-state index in [1.165, 1.54) is 0 Å². The molecule has 5 heteroatoms. The summed E-state index contributed by atoms with van der Waals surface area (Å²) >= 11 is 0. The van der Waals surface area contributed by atoms with E-state index in [1.807, 2.05) is 0 Å². The van der Waals surface area contributed by atoms with Crippen LogP contribution < -0.4 is 11.1 Å². The van der Waals surface area contributed by atoms with Gasteiger partial charge in [0.25, 0.3) is 5.91 Å². The lowest BCUT2D eigenvalue weighted by molar-refractivity contribution is 0.0583. The van der Waals surface area contributed by atoms with E-state index >= 15 is 0 Å². The van der Waals surface area contributed by atoms with E-state index in [1.54, 1.807) is 12.3 Å². The van der Waals surface area contributed by atoms with Crippen LogP contribution in [0, 0.1) is 5.41 Å². The highest BCUT2D eigenvalue weighted by molar-refractivity contribution is 5.92. The maximum absolute atomic E-state index is 11.7. The molecular formula is C10H16N4O. The molecule has 82 valence electrons. The van der Waals surface area contributed by atoms with Crippen molar-refractivity contribution in [2.75, 3.05) is 0 Å². The molecule has 1 aromatic heterocycles. The van der Waals surface area contributed by atoms with Crippen molar-refractivity contribution in [1.82, 2.24) is 15.5 Å². The van der Waals surface area contributed by atoms with Gasteiger partial charge in [0.1, 0.15) is 5.69 Å². The average molecular weight is 208 g/mol. The van der Waals surface area contributed by atoms with Gasteiger partial charge in [-0.2, -0.15) is 5.10 Å². The van der Waals surface area contributed by atoms with Gasteiger partial charge in [-0.25, -0.2) is 0 Å². The summed E-state index contributed by atoms with van der Waals surface area (Å²) in [6.45, 7) is 4.14. The minimum absolute atomic E-state index is 0.0182. The number of rotatable bonds is 2. The molecule has 1 aliphatic rings. The number of H-pyrrole nitrogens is 1. The molecule has 1 fully saturated rings. The van der Waals surface area contributed by atoms with Crippen LogP contribution in [0.15, 0.2) is 12.3 Å². The predicted octanol–water partition coefficient (Wildman–Crippen LogP) is 0.265. The lowest BCUT2D eigenvalue weighted by Crippen LogP contribution is -2.64. The first-order chi connectivity index (χ1) is 7.01. The molecule has 1 heterocycles. The van der Waals surface area contributed by atoms with Gasteiger partial charge < -0.3 is 11.1 Å². The van der Waals surface area contributed by atoms with Crippen LogP contribution in [-0.4, -0.2) is 28.2 Å². The van der Waals surface area contributed by atoms with Crippen molar-refractivity contribution in [1.29, 1.82) is 0 Å². The molecule has 2 rings (SSSR count). The Bertz CT molecular complexity index is 358. The normalized spacial score (nSPS) is 28.2. The first kappa shape index (κ1) is 10.2. The minimum Gasteiger partial charge on any atom is -0.347 e. The smallest absolute Gasteiger partial charge is 0.269 e. The summed E-state index contributed by atoms with van der Waals surface area (Å²) in [6, 6.07) is 1.98. The Labute approximate surface area is 88.4 Å². The summed E-state index contributed by atoms with van der Waals surface area (Å²) in [6.07, 6.45) is 2.40. The molecule has 15 heavy (non-hydrogen) atoms. The van der Waals surface area contributed by atoms with Crippen molar-refractivity contribution in [3.8, 4) is 0 Å². The zero-order chi connectivity index (χ0) is 11.1. The number of nitrogens with zero attached hydrogens (tertiary/aromatic N) is 1. The van der Waals surface area contributed by atoms with Crippen molar-refractivity contribution < 1.29 is 4.79 Å². The molecule has 4 N–H and O–H groups in total. The highest BCUT2D eigenvalue weighted by Gasteiger charge is 2.46. The molecule has 0 saturated heterocycles. The Morgan fingerprint density at radius 2 is 2.47 bits per heavy atom. The van der Waals surface area contributed by atoms with Gasteiger partial charge >= 0.3 is 0 Å². The fraction of sp³-hybridized carbons (Fsp3) is 0.600. The van der Waals surface area contributed by atoms with E-state index in [4.69, 9.17) is 5.73 Å². The number of hydrogen-bond donors (Lipinski definition) is 3. The van der Waals surface area contributed by atoms with Gasteiger partial charge in [0, 0.05) is 23.7 Å². The maximum Gasteiger partial charge on any atom is 0.269 e. The molecular weight excluding hydrogens is 192 g/mol. The molecule has 1 saturated carbocycles. The Kier molecular flexibility index (Phi) is 2.26. The number of carbonyl (C=O) groups is 1. The van der Waals surface area contributed by atoms with Gasteiger partial charge in [-0.05, 0) is 12.5 Å². The largest absolute Gasteiger partial charge is 0.347 e. The van der Waals surface area contributed by atoms with Crippen LogP contribution in [0.2, 0.25) is 0 Å². The van der Waals surface area contributed by atoms with E-state index in [9.17, 15) is 4.79 Å². The zero-order valence-electron chi connectivity index (χ0n) is 8.95. The van der Waals surface area contributed by atoms with Crippen LogP contribution in [0.25, 0.3) is 0 Å². The summed E-state index contributed by atoms with van der Waals surface area (Å²) < 4.78 is 0. The summed E-state index contributed by atoms with van der Waals surface area (Å²) in [5, 5.41) is 9.32. The van der Waals surface area contributed by atoms with Crippen LogP contribution in [-0.2, 0) is 0 Å². The predicted molar refractivity (Wildman–Crippen MR) is 56.2 cm³/mol. The number of nitrogens with two attached hydrogens (primary N) is 1. The summed E-state index contributed by atoms with van der Waals surface area (Å²) in [4.78, 5) is 11.7. The molecule has 1 aromatic rings. The molecule has 0 spiro atoms.